The zero-order valence-corrected chi connectivity index (χ0v) is 14.6. The molecule has 0 saturated heterocycles. The Morgan fingerprint density at radius 1 is 1.39 bits per heavy atom. The van der Waals surface area contributed by atoms with E-state index in [1.807, 2.05) is 0 Å². The summed E-state index contributed by atoms with van der Waals surface area (Å²) in [5.74, 6) is 0. The summed E-state index contributed by atoms with van der Waals surface area (Å²) in [7, 11) is -3.31. The van der Waals surface area contributed by atoms with Crippen molar-refractivity contribution >= 4 is 53.2 Å². The van der Waals surface area contributed by atoms with E-state index in [-0.39, 0.29) is 6.04 Å². The molecule has 3 nitrogen and oxygen atoms in total. The second-order valence-electron chi connectivity index (χ2n) is 4.30. The summed E-state index contributed by atoms with van der Waals surface area (Å²) in [6.07, 6.45) is 3.98. The standard InChI is InChI=1S/C11H15Br2NO2S2/c12-7-2-8-14(9-3-1-4-9)18(15,16)11-6-5-10(13)17-11/h5-6,9H,1-4,7-8H2. The van der Waals surface area contributed by atoms with Crippen LogP contribution in [-0.2, 0) is 10.0 Å². The first-order valence-corrected chi connectivity index (χ1v) is 10.1. The van der Waals surface area contributed by atoms with Gasteiger partial charge >= 0.3 is 0 Å². The molecule has 1 fully saturated rings. The molecule has 0 atom stereocenters. The molecule has 0 aromatic carbocycles. The van der Waals surface area contributed by atoms with Gasteiger partial charge in [-0.3, -0.25) is 0 Å². The fraction of sp³-hybridized carbons (Fsp3) is 0.636. The minimum absolute atomic E-state index is 0.204. The highest BCUT2D eigenvalue weighted by molar-refractivity contribution is 9.11. The molecule has 2 rings (SSSR count). The van der Waals surface area contributed by atoms with Crippen LogP contribution in [0, 0.1) is 0 Å². The summed E-state index contributed by atoms with van der Waals surface area (Å²) in [4.78, 5) is 0. The minimum Gasteiger partial charge on any atom is -0.206 e. The summed E-state index contributed by atoms with van der Waals surface area (Å²) in [6.45, 7) is 0.605. The quantitative estimate of drug-likeness (QED) is 0.660. The maximum absolute atomic E-state index is 12.6. The Labute approximate surface area is 129 Å². The van der Waals surface area contributed by atoms with Crippen LogP contribution in [0.3, 0.4) is 0 Å². The molecule has 0 N–H and O–H groups in total. The average Bonchev–Trinajstić information content (AvgIpc) is 2.68. The number of thiophene rings is 1. The molecular formula is C11H15Br2NO2S2. The maximum Gasteiger partial charge on any atom is 0.252 e. The summed E-state index contributed by atoms with van der Waals surface area (Å²) in [5.41, 5.74) is 0. The molecular weight excluding hydrogens is 402 g/mol. The van der Waals surface area contributed by atoms with Gasteiger partial charge in [-0.25, -0.2) is 8.42 Å². The van der Waals surface area contributed by atoms with Crippen LogP contribution in [0.4, 0.5) is 0 Å². The van der Waals surface area contributed by atoms with Crippen LogP contribution in [0.1, 0.15) is 25.7 Å². The second kappa shape index (κ2) is 6.35. The fourth-order valence-electron chi connectivity index (χ4n) is 1.94. The number of alkyl halides is 1. The predicted octanol–water partition coefficient (Wildman–Crippen LogP) is 3.84. The van der Waals surface area contributed by atoms with Crippen LogP contribution in [0.5, 0.6) is 0 Å². The van der Waals surface area contributed by atoms with Gasteiger partial charge in [0.25, 0.3) is 10.0 Å². The molecule has 0 aliphatic heterocycles. The lowest BCUT2D eigenvalue weighted by atomic mass is 9.93. The molecule has 0 radical (unpaired) electrons. The molecule has 7 heteroatoms. The van der Waals surface area contributed by atoms with E-state index in [1.165, 1.54) is 11.3 Å². The molecule has 18 heavy (non-hydrogen) atoms. The first-order valence-electron chi connectivity index (χ1n) is 5.89. The van der Waals surface area contributed by atoms with Crippen molar-refractivity contribution in [3.63, 3.8) is 0 Å². The highest BCUT2D eigenvalue weighted by Gasteiger charge is 2.35. The van der Waals surface area contributed by atoms with Crippen LogP contribution in [0.2, 0.25) is 0 Å². The van der Waals surface area contributed by atoms with Crippen LogP contribution in [0.15, 0.2) is 20.1 Å². The molecule has 1 saturated carbocycles. The number of nitrogens with zero attached hydrogens (tertiary/aromatic N) is 1. The Hall–Kier alpha value is 0.570. The Kier molecular flexibility index (Phi) is 5.28. The van der Waals surface area contributed by atoms with Crippen molar-refractivity contribution in [3.8, 4) is 0 Å². The molecule has 1 heterocycles. The number of hydrogen-bond acceptors (Lipinski definition) is 3. The Balaban J connectivity index is 2.22. The summed E-state index contributed by atoms with van der Waals surface area (Å²) in [5, 5.41) is 0.833. The molecule has 1 aliphatic rings. The molecule has 102 valence electrons. The van der Waals surface area contributed by atoms with Gasteiger partial charge in [-0.2, -0.15) is 4.31 Å². The van der Waals surface area contributed by atoms with Crippen molar-refractivity contribution in [1.29, 1.82) is 0 Å². The monoisotopic (exact) mass is 415 g/mol. The van der Waals surface area contributed by atoms with Gasteiger partial charge in [0.2, 0.25) is 0 Å². The van der Waals surface area contributed by atoms with E-state index in [1.54, 1.807) is 16.4 Å². The van der Waals surface area contributed by atoms with Crippen molar-refractivity contribution in [2.75, 3.05) is 11.9 Å². The van der Waals surface area contributed by atoms with E-state index in [4.69, 9.17) is 0 Å². The smallest absolute Gasteiger partial charge is 0.206 e. The molecule has 0 spiro atoms. The van der Waals surface area contributed by atoms with Crippen LogP contribution >= 0.6 is 43.2 Å². The lowest BCUT2D eigenvalue weighted by molar-refractivity contribution is 0.220. The number of sulfonamides is 1. The highest BCUT2D eigenvalue weighted by atomic mass is 79.9. The Bertz CT molecular complexity index is 497. The third kappa shape index (κ3) is 3.17. The van der Waals surface area contributed by atoms with E-state index in [0.29, 0.717) is 10.8 Å². The number of rotatable bonds is 6. The molecule has 0 amide bonds. The first-order chi connectivity index (χ1) is 8.55. The third-order valence-electron chi connectivity index (χ3n) is 3.11. The van der Waals surface area contributed by atoms with Crippen molar-refractivity contribution in [2.24, 2.45) is 0 Å². The predicted molar refractivity (Wildman–Crippen MR) is 82.0 cm³/mol. The lowest BCUT2D eigenvalue weighted by Crippen LogP contribution is -2.44. The summed E-state index contributed by atoms with van der Waals surface area (Å²) in [6, 6.07) is 3.68. The van der Waals surface area contributed by atoms with Gasteiger partial charge in [-0.05, 0) is 47.3 Å². The lowest BCUT2D eigenvalue weighted by Gasteiger charge is -2.36. The van der Waals surface area contributed by atoms with Crippen LogP contribution in [0.25, 0.3) is 0 Å². The van der Waals surface area contributed by atoms with Crippen LogP contribution in [-0.4, -0.2) is 30.6 Å². The van der Waals surface area contributed by atoms with E-state index in [9.17, 15) is 8.42 Å². The highest BCUT2D eigenvalue weighted by Crippen LogP contribution is 2.34. The topological polar surface area (TPSA) is 37.4 Å². The van der Waals surface area contributed by atoms with Gasteiger partial charge < -0.3 is 0 Å². The molecule has 1 aromatic heterocycles. The van der Waals surface area contributed by atoms with E-state index < -0.39 is 10.0 Å². The molecule has 1 aromatic rings. The summed E-state index contributed by atoms with van der Waals surface area (Å²) < 4.78 is 28.2. The SMILES string of the molecule is O=S(=O)(c1ccc(Br)s1)N(CCCBr)C1CCC1. The molecule has 0 bridgehead atoms. The Morgan fingerprint density at radius 2 is 2.11 bits per heavy atom. The number of halogens is 2. The maximum atomic E-state index is 12.6. The minimum atomic E-state index is -3.31. The molecule has 1 aliphatic carbocycles. The van der Waals surface area contributed by atoms with E-state index >= 15 is 0 Å². The van der Waals surface area contributed by atoms with Gasteiger partial charge in [0, 0.05) is 17.9 Å². The van der Waals surface area contributed by atoms with E-state index in [0.717, 1.165) is 34.8 Å². The van der Waals surface area contributed by atoms with Crippen molar-refractivity contribution < 1.29 is 8.42 Å². The summed E-state index contributed by atoms with van der Waals surface area (Å²) >= 11 is 7.97. The van der Waals surface area contributed by atoms with Gasteiger partial charge in [0.15, 0.2) is 0 Å². The second-order valence-corrected chi connectivity index (χ2v) is 9.67. The van der Waals surface area contributed by atoms with Crippen molar-refractivity contribution in [2.45, 2.75) is 35.9 Å². The fourth-order valence-corrected chi connectivity index (χ4v) is 6.05. The van der Waals surface area contributed by atoms with Gasteiger partial charge in [0.05, 0.1) is 3.79 Å². The molecule has 0 unspecified atom stereocenters. The normalized spacial score (nSPS) is 17.1. The third-order valence-corrected chi connectivity index (χ3v) is 7.71. The number of hydrogen-bond donors (Lipinski definition) is 0. The van der Waals surface area contributed by atoms with E-state index in [2.05, 4.69) is 31.9 Å². The average molecular weight is 417 g/mol. The largest absolute Gasteiger partial charge is 0.252 e. The zero-order chi connectivity index (χ0) is 13.2. The Morgan fingerprint density at radius 3 is 2.56 bits per heavy atom. The van der Waals surface area contributed by atoms with Gasteiger partial charge in [-0.1, -0.05) is 22.4 Å². The van der Waals surface area contributed by atoms with Gasteiger partial charge in [0.1, 0.15) is 4.21 Å². The van der Waals surface area contributed by atoms with Crippen LogP contribution < -0.4 is 0 Å². The van der Waals surface area contributed by atoms with Gasteiger partial charge in [-0.15, -0.1) is 11.3 Å². The zero-order valence-electron chi connectivity index (χ0n) is 9.81. The van der Waals surface area contributed by atoms with Crippen molar-refractivity contribution in [3.05, 3.63) is 15.9 Å². The van der Waals surface area contributed by atoms with Crippen molar-refractivity contribution in [1.82, 2.24) is 4.31 Å². The first kappa shape index (κ1) is 15.0.